The van der Waals surface area contributed by atoms with Gasteiger partial charge in [0.2, 0.25) is 0 Å². The highest BCUT2D eigenvalue weighted by atomic mass is 31.2. The van der Waals surface area contributed by atoms with Gasteiger partial charge in [0.1, 0.15) is 19.3 Å². The number of aliphatic hydroxyl groups excluding tert-OH is 1. The van der Waals surface area contributed by atoms with E-state index in [1.54, 1.807) is 0 Å². The van der Waals surface area contributed by atoms with Crippen LogP contribution in [0.25, 0.3) is 0 Å². The van der Waals surface area contributed by atoms with E-state index in [1.165, 1.54) is 225 Å². The molecule has 0 aromatic heterocycles. The van der Waals surface area contributed by atoms with E-state index in [-0.39, 0.29) is 25.7 Å². The molecule has 3 N–H and O–H groups in total. The number of carbonyl (C=O) groups excluding carboxylic acids is 4. The molecule has 0 aliphatic heterocycles. The lowest BCUT2D eigenvalue weighted by Gasteiger charge is -2.21. The Hall–Kier alpha value is -1.94. The van der Waals surface area contributed by atoms with Crippen molar-refractivity contribution >= 4 is 39.5 Å². The van der Waals surface area contributed by atoms with Gasteiger partial charge in [-0.1, -0.05) is 356 Å². The maximum Gasteiger partial charge on any atom is 0.472 e. The van der Waals surface area contributed by atoms with Gasteiger partial charge in [0, 0.05) is 25.7 Å². The van der Waals surface area contributed by atoms with Gasteiger partial charge in [-0.3, -0.25) is 37.3 Å². The van der Waals surface area contributed by atoms with Gasteiger partial charge in [-0.25, -0.2) is 9.13 Å². The van der Waals surface area contributed by atoms with Crippen LogP contribution in [-0.4, -0.2) is 96.7 Å². The summed E-state index contributed by atoms with van der Waals surface area (Å²) in [6, 6.07) is 0. The summed E-state index contributed by atoms with van der Waals surface area (Å²) >= 11 is 0. The number of ether oxygens (including phenoxy) is 4. The standard InChI is InChI=1S/C78H152O17P2/c1-7-9-11-13-15-17-19-21-23-24-25-27-29-38-44-50-56-62-77(82)94-73(66-88-75(80)60-54-48-42-36-28-26-22-20-18-16-14-12-10-8-2)68-92-96(84,85)90-64-72(79)65-91-97(86,87)93-69-74(95-78(83)63-57-51-45-39-33-31-35-41-47-53-59-71(5)6)67-89-76(81)61-55-49-43-37-32-30-34-40-46-52-58-70(3)4/h70-74,79H,7-69H2,1-6H3,(H,84,85)(H,86,87)/t72-,73-,74-/m1/s1. The smallest absolute Gasteiger partial charge is 0.462 e. The fraction of sp³-hybridized carbons (Fsp3) is 0.949. The van der Waals surface area contributed by atoms with Gasteiger partial charge >= 0.3 is 39.5 Å². The molecule has 0 spiro atoms. The summed E-state index contributed by atoms with van der Waals surface area (Å²) < 4.78 is 68.6. The number of hydrogen-bond acceptors (Lipinski definition) is 15. The molecule has 0 bridgehead atoms. The highest BCUT2D eigenvalue weighted by molar-refractivity contribution is 7.47. The molecule has 0 saturated heterocycles. The van der Waals surface area contributed by atoms with Crippen molar-refractivity contribution in [3.8, 4) is 0 Å². The Morgan fingerprint density at radius 1 is 0.278 bits per heavy atom. The third-order valence-electron chi connectivity index (χ3n) is 18.2. The van der Waals surface area contributed by atoms with Crippen LogP contribution in [0.4, 0.5) is 0 Å². The Bertz CT molecular complexity index is 1870. The van der Waals surface area contributed by atoms with Crippen LogP contribution >= 0.6 is 15.6 Å². The zero-order valence-corrected chi connectivity index (χ0v) is 65.2. The SMILES string of the molecule is CCCCCCCCCCCCCCCCCCCC(=O)O[C@H](COC(=O)CCCCCCCCCCCCCCCC)COP(=O)(O)OC[C@@H](O)COP(=O)(O)OC[C@@H](COC(=O)CCCCCCCCCCCCC(C)C)OC(=O)CCCCCCCCCCCCC(C)C. The highest BCUT2D eigenvalue weighted by Gasteiger charge is 2.30. The van der Waals surface area contributed by atoms with Crippen molar-refractivity contribution in [2.75, 3.05) is 39.6 Å². The second-order valence-electron chi connectivity index (χ2n) is 29.1. The molecule has 0 saturated carbocycles. The summed E-state index contributed by atoms with van der Waals surface area (Å²) in [6.07, 6.45) is 58.1. The van der Waals surface area contributed by atoms with Crippen LogP contribution in [0.2, 0.25) is 0 Å². The van der Waals surface area contributed by atoms with Crippen LogP contribution in [0.5, 0.6) is 0 Å². The van der Waals surface area contributed by atoms with Crippen molar-refractivity contribution in [2.24, 2.45) is 11.8 Å². The predicted molar refractivity (Wildman–Crippen MR) is 395 cm³/mol. The second kappa shape index (κ2) is 69.8. The first-order chi connectivity index (χ1) is 46.9. The Morgan fingerprint density at radius 3 is 0.701 bits per heavy atom. The highest BCUT2D eigenvalue weighted by Crippen LogP contribution is 2.45. The van der Waals surface area contributed by atoms with E-state index in [1.807, 2.05) is 0 Å². The Morgan fingerprint density at radius 2 is 0.474 bits per heavy atom. The molecule has 0 radical (unpaired) electrons. The molecule has 97 heavy (non-hydrogen) atoms. The molecular formula is C78H152O17P2. The molecule has 0 aliphatic carbocycles. The van der Waals surface area contributed by atoms with Crippen LogP contribution in [0.3, 0.4) is 0 Å². The number of esters is 4. The summed E-state index contributed by atoms with van der Waals surface area (Å²) in [5.74, 6) is -0.600. The molecular weight excluding hydrogens is 1270 g/mol. The van der Waals surface area contributed by atoms with Gasteiger partial charge in [-0.05, 0) is 37.5 Å². The topological polar surface area (TPSA) is 237 Å². The quantitative estimate of drug-likeness (QED) is 0.0222. The molecule has 17 nitrogen and oxygen atoms in total. The molecule has 0 aromatic rings. The summed E-state index contributed by atoms with van der Waals surface area (Å²) in [6.45, 7) is 9.61. The van der Waals surface area contributed by atoms with Crippen LogP contribution in [0.1, 0.15) is 408 Å². The van der Waals surface area contributed by atoms with E-state index in [2.05, 4.69) is 41.5 Å². The number of rotatable bonds is 77. The Balaban J connectivity index is 5.26. The molecule has 0 fully saturated rings. The first-order valence-corrected chi connectivity index (χ1v) is 43.5. The monoisotopic (exact) mass is 1420 g/mol. The number of hydrogen-bond donors (Lipinski definition) is 3. The molecule has 0 rings (SSSR count). The summed E-state index contributed by atoms with van der Waals surface area (Å²) in [5.41, 5.74) is 0. The molecule has 0 amide bonds. The van der Waals surface area contributed by atoms with E-state index >= 15 is 0 Å². The maximum atomic E-state index is 13.1. The minimum Gasteiger partial charge on any atom is -0.462 e. The van der Waals surface area contributed by atoms with E-state index in [0.29, 0.717) is 25.7 Å². The summed E-state index contributed by atoms with van der Waals surface area (Å²) in [4.78, 5) is 72.9. The van der Waals surface area contributed by atoms with Crippen molar-refractivity contribution < 1.29 is 80.2 Å². The molecule has 2 unspecified atom stereocenters. The van der Waals surface area contributed by atoms with Crippen LogP contribution in [0, 0.1) is 11.8 Å². The van der Waals surface area contributed by atoms with Crippen molar-refractivity contribution in [2.45, 2.75) is 426 Å². The summed E-state index contributed by atoms with van der Waals surface area (Å²) in [7, 11) is -9.92. The average molecular weight is 1420 g/mol. The third-order valence-corrected chi connectivity index (χ3v) is 20.1. The van der Waals surface area contributed by atoms with Gasteiger partial charge in [0.25, 0.3) is 0 Å². The first kappa shape index (κ1) is 95.1. The molecule has 19 heteroatoms. The zero-order chi connectivity index (χ0) is 71.4. The van der Waals surface area contributed by atoms with Crippen molar-refractivity contribution in [1.82, 2.24) is 0 Å². The van der Waals surface area contributed by atoms with Crippen molar-refractivity contribution in [1.29, 1.82) is 0 Å². The van der Waals surface area contributed by atoms with Gasteiger partial charge in [0.05, 0.1) is 26.4 Å². The normalized spacial score (nSPS) is 14.0. The van der Waals surface area contributed by atoms with E-state index in [0.717, 1.165) is 102 Å². The summed E-state index contributed by atoms with van der Waals surface area (Å²) in [5, 5.41) is 10.6. The number of carbonyl (C=O) groups is 4. The molecule has 0 heterocycles. The fourth-order valence-electron chi connectivity index (χ4n) is 12.0. The minimum atomic E-state index is -4.96. The van der Waals surface area contributed by atoms with Crippen molar-refractivity contribution in [3.63, 3.8) is 0 Å². The fourth-order valence-corrected chi connectivity index (χ4v) is 13.6. The Labute approximate surface area is 594 Å². The predicted octanol–water partition coefficient (Wildman–Crippen LogP) is 23.1. The molecule has 0 aliphatic rings. The second-order valence-corrected chi connectivity index (χ2v) is 32.0. The van der Waals surface area contributed by atoms with Crippen LogP contribution in [0.15, 0.2) is 0 Å². The minimum absolute atomic E-state index is 0.106. The van der Waals surface area contributed by atoms with Crippen molar-refractivity contribution in [3.05, 3.63) is 0 Å². The van der Waals surface area contributed by atoms with Gasteiger partial charge in [-0.2, -0.15) is 0 Å². The van der Waals surface area contributed by atoms with E-state index in [4.69, 9.17) is 37.0 Å². The zero-order valence-electron chi connectivity index (χ0n) is 63.4. The van der Waals surface area contributed by atoms with Gasteiger partial charge in [-0.15, -0.1) is 0 Å². The molecule has 576 valence electrons. The average Bonchev–Trinajstić information content (AvgIpc) is 1.01. The molecule has 0 aromatic carbocycles. The maximum absolute atomic E-state index is 13.1. The lowest BCUT2D eigenvalue weighted by atomic mass is 10.0. The Kier molecular flexibility index (Phi) is 68.4. The third kappa shape index (κ3) is 72.2. The van der Waals surface area contributed by atoms with E-state index < -0.39 is 97.5 Å². The van der Waals surface area contributed by atoms with Gasteiger partial charge in [0.15, 0.2) is 12.2 Å². The van der Waals surface area contributed by atoms with Gasteiger partial charge < -0.3 is 33.8 Å². The number of phosphoric ester groups is 2. The number of phosphoric acid groups is 2. The van der Waals surface area contributed by atoms with Crippen LogP contribution < -0.4 is 0 Å². The number of aliphatic hydroxyl groups is 1. The lowest BCUT2D eigenvalue weighted by Crippen LogP contribution is -2.30. The largest absolute Gasteiger partial charge is 0.472 e. The van der Waals surface area contributed by atoms with E-state index in [9.17, 15) is 43.2 Å². The first-order valence-electron chi connectivity index (χ1n) is 40.5. The van der Waals surface area contributed by atoms with Crippen LogP contribution in [-0.2, 0) is 65.4 Å². The lowest BCUT2D eigenvalue weighted by molar-refractivity contribution is -0.161. The molecule has 5 atom stereocenters. The number of unbranched alkanes of at least 4 members (excludes halogenated alkanes) is 47.